The molecular formula is C21H29N7O2. The number of carbonyl (C=O) groups is 1. The molecule has 1 aromatic carbocycles. The average Bonchev–Trinajstić information content (AvgIpc) is 2.76. The number of benzene rings is 1. The van der Waals surface area contributed by atoms with Crippen LogP contribution in [0, 0.1) is 0 Å². The van der Waals surface area contributed by atoms with Crippen LogP contribution in [-0.2, 0) is 0 Å². The van der Waals surface area contributed by atoms with Crippen LogP contribution in [0.5, 0.6) is 11.6 Å². The maximum absolute atomic E-state index is 12.7. The summed E-state index contributed by atoms with van der Waals surface area (Å²) in [5.74, 6) is 1.40. The van der Waals surface area contributed by atoms with Gasteiger partial charge in [-0.2, -0.15) is 0 Å². The molecule has 160 valence electrons. The molecule has 2 aliphatic heterocycles. The molecule has 9 heteroatoms. The van der Waals surface area contributed by atoms with Crippen LogP contribution in [0.4, 0.5) is 16.3 Å². The molecular weight excluding hydrogens is 382 g/mol. The van der Waals surface area contributed by atoms with Gasteiger partial charge in [0.15, 0.2) is 0 Å². The summed E-state index contributed by atoms with van der Waals surface area (Å²) >= 11 is 0. The molecule has 0 bridgehead atoms. The lowest BCUT2D eigenvalue weighted by Crippen LogP contribution is -2.53. The minimum atomic E-state index is -0.135. The van der Waals surface area contributed by atoms with Gasteiger partial charge in [-0.25, -0.2) is 14.8 Å². The number of hydrogen-bond acceptors (Lipinski definition) is 7. The normalized spacial score (nSPS) is 18.9. The van der Waals surface area contributed by atoms with E-state index < -0.39 is 0 Å². The number of urea groups is 1. The number of carbonyl (C=O) groups excluding carboxylic acids is 1. The summed E-state index contributed by atoms with van der Waals surface area (Å²) in [5, 5.41) is 2.86. The molecule has 0 saturated carbocycles. The highest BCUT2D eigenvalue weighted by molar-refractivity contribution is 5.88. The highest BCUT2D eigenvalue weighted by Gasteiger charge is 2.28. The van der Waals surface area contributed by atoms with Gasteiger partial charge in [0.1, 0.15) is 17.9 Å². The molecule has 2 aromatic rings. The molecule has 30 heavy (non-hydrogen) atoms. The van der Waals surface area contributed by atoms with E-state index in [2.05, 4.69) is 32.1 Å². The van der Waals surface area contributed by atoms with Gasteiger partial charge in [-0.3, -0.25) is 10.2 Å². The van der Waals surface area contributed by atoms with Crippen molar-refractivity contribution in [3.63, 3.8) is 0 Å². The standard InChI is InChI=1S/C21H29N7O2/c1-26-10-12-27(13-11-26)17-6-8-28(9-7-17)21(29)25-19-14-20(24-15-23-19)30-18-4-2-16(22)3-5-18/h2-5,14-15,17H,6-13,22H2,1H3,(H,23,24,25,29). The first-order valence-electron chi connectivity index (χ1n) is 10.4. The number of rotatable bonds is 4. The van der Waals surface area contributed by atoms with E-state index in [1.807, 2.05) is 4.90 Å². The highest BCUT2D eigenvalue weighted by Crippen LogP contribution is 2.22. The Morgan fingerprint density at radius 3 is 2.47 bits per heavy atom. The molecule has 0 aliphatic carbocycles. The Morgan fingerprint density at radius 1 is 1.07 bits per heavy atom. The predicted molar refractivity (Wildman–Crippen MR) is 116 cm³/mol. The van der Waals surface area contributed by atoms with E-state index in [4.69, 9.17) is 10.5 Å². The minimum absolute atomic E-state index is 0.135. The largest absolute Gasteiger partial charge is 0.439 e. The highest BCUT2D eigenvalue weighted by atomic mass is 16.5. The first-order chi connectivity index (χ1) is 14.6. The van der Waals surface area contributed by atoms with Gasteiger partial charge in [-0.1, -0.05) is 0 Å². The lowest BCUT2D eigenvalue weighted by Gasteiger charge is -2.42. The van der Waals surface area contributed by atoms with Gasteiger partial charge in [0.05, 0.1) is 0 Å². The Morgan fingerprint density at radius 2 is 1.77 bits per heavy atom. The number of piperidine rings is 1. The van der Waals surface area contributed by atoms with Gasteiger partial charge >= 0.3 is 6.03 Å². The van der Waals surface area contributed by atoms with Gasteiger partial charge in [-0.15, -0.1) is 0 Å². The zero-order chi connectivity index (χ0) is 20.9. The second kappa shape index (κ2) is 9.27. The Labute approximate surface area is 176 Å². The fourth-order valence-electron chi connectivity index (χ4n) is 3.93. The van der Waals surface area contributed by atoms with Gasteiger partial charge in [0.25, 0.3) is 0 Å². The number of hydrogen-bond donors (Lipinski definition) is 2. The summed E-state index contributed by atoms with van der Waals surface area (Å²) in [5.41, 5.74) is 6.35. The number of likely N-dealkylation sites (N-methyl/N-ethyl adjacent to an activating group) is 1. The monoisotopic (exact) mass is 411 g/mol. The molecule has 9 nitrogen and oxygen atoms in total. The molecule has 0 radical (unpaired) electrons. The smallest absolute Gasteiger partial charge is 0.323 e. The van der Waals surface area contributed by atoms with E-state index in [1.54, 1.807) is 30.3 Å². The number of nitrogens with zero attached hydrogens (tertiary/aromatic N) is 5. The molecule has 0 atom stereocenters. The van der Waals surface area contributed by atoms with Crippen molar-refractivity contribution in [1.82, 2.24) is 24.7 Å². The molecule has 0 spiro atoms. The van der Waals surface area contributed by atoms with Crippen molar-refractivity contribution in [3.8, 4) is 11.6 Å². The summed E-state index contributed by atoms with van der Waals surface area (Å²) in [4.78, 5) is 27.7. The van der Waals surface area contributed by atoms with Gasteiger partial charge in [0, 0.05) is 57.1 Å². The van der Waals surface area contributed by atoms with Crippen LogP contribution in [0.15, 0.2) is 36.7 Å². The van der Waals surface area contributed by atoms with E-state index in [9.17, 15) is 4.79 Å². The number of aromatic nitrogens is 2. The number of ether oxygens (including phenoxy) is 1. The topological polar surface area (TPSA) is 99.8 Å². The second-order valence-electron chi connectivity index (χ2n) is 7.90. The fraction of sp³-hybridized carbons (Fsp3) is 0.476. The quantitative estimate of drug-likeness (QED) is 0.743. The van der Waals surface area contributed by atoms with Crippen molar-refractivity contribution < 1.29 is 9.53 Å². The van der Waals surface area contributed by atoms with E-state index in [0.717, 1.165) is 52.1 Å². The van der Waals surface area contributed by atoms with E-state index in [1.165, 1.54) is 6.33 Å². The van der Waals surface area contributed by atoms with Crippen molar-refractivity contribution in [2.45, 2.75) is 18.9 Å². The van der Waals surface area contributed by atoms with Crippen LogP contribution in [0.2, 0.25) is 0 Å². The predicted octanol–water partition coefficient (Wildman–Crippen LogP) is 2.09. The summed E-state index contributed by atoms with van der Waals surface area (Å²) in [6, 6.07) is 9.09. The zero-order valence-electron chi connectivity index (χ0n) is 17.3. The van der Waals surface area contributed by atoms with Crippen LogP contribution in [0.3, 0.4) is 0 Å². The van der Waals surface area contributed by atoms with Crippen molar-refractivity contribution in [3.05, 3.63) is 36.7 Å². The number of anilines is 2. The number of piperazine rings is 1. The van der Waals surface area contributed by atoms with E-state index in [-0.39, 0.29) is 6.03 Å². The van der Waals surface area contributed by atoms with Crippen LogP contribution >= 0.6 is 0 Å². The average molecular weight is 412 g/mol. The molecule has 1 aromatic heterocycles. The van der Waals surface area contributed by atoms with Crippen LogP contribution < -0.4 is 15.8 Å². The molecule has 2 aliphatic rings. The molecule has 4 rings (SSSR count). The maximum atomic E-state index is 12.7. The SMILES string of the molecule is CN1CCN(C2CCN(C(=O)Nc3cc(Oc4ccc(N)cc4)ncn3)CC2)CC1. The van der Waals surface area contributed by atoms with Gasteiger partial charge < -0.3 is 20.3 Å². The molecule has 2 amide bonds. The van der Waals surface area contributed by atoms with E-state index >= 15 is 0 Å². The Bertz CT molecular complexity index is 845. The summed E-state index contributed by atoms with van der Waals surface area (Å²) in [6.45, 7) is 5.98. The summed E-state index contributed by atoms with van der Waals surface area (Å²) in [6.07, 6.45) is 3.39. The Hall–Kier alpha value is -2.91. The van der Waals surface area contributed by atoms with Crippen molar-refractivity contribution in [2.75, 3.05) is 57.4 Å². The van der Waals surface area contributed by atoms with Gasteiger partial charge in [-0.05, 0) is 44.2 Å². The fourth-order valence-corrected chi connectivity index (χ4v) is 3.93. The van der Waals surface area contributed by atoms with E-state index in [0.29, 0.717) is 29.2 Å². The first-order valence-corrected chi connectivity index (χ1v) is 10.4. The van der Waals surface area contributed by atoms with Crippen LogP contribution in [-0.4, -0.2) is 83.1 Å². The Kier molecular flexibility index (Phi) is 6.29. The van der Waals surface area contributed by atoms with Crippen LogP contribution in [0.25, 0.3) is 0 Å². The summed E-state index contributed by atoms with van der Waals surface area (Å²) < 4.78 is 5.71. The third-order valence-corrected chi connectivity index (χ3v) is 5.79. The third kappa shape index (κ3) is 5.17. The molecule has 3 N–H and O–H groups in total. The third-order valence-electron chi connectivity index (χ3n) is 5.79. The number of nitrogens with two attached hydrogens (primary N) is 1. The molecule has 3 heterocycles. The lowest BCUT2D eigenvalue weighted by atomic mass is 10.0. The first kappa shape index (κ1) is 20.4. The Balaban J connectivity index is 1.28. The second-order valence-corrected chi connectivity index (χ2v) is 7.90. The maximum Gasteiger partial charge on any atom is 0.323 e. The lowest BCUT2D eigenvalue weighted by molar-refractivity contribution is 0.0765. The summed E-state index contributed by atoms with van der Waals surface area (Å²) in [7, 11) is 2.17. The van der Waals surface area contributed by atoms with Crippen molar-refractivity contribution >= 4 is 17.5 Å². The minimum Gasteiger partial charge on any atom is -0.439 e. The molecule has 2 fully saturated rings. The van der Waals surface area contributed by atoms with Crippen molar-refractivity contribution in [1.29, 1.82) is 0 Å². The number of nitrogens with one attached hydrogen (secondary N) is 1. The van der Waals surface area contributed by atoms with Gasteiger partial charge in [0.2, 0.25) is 5.88 Å². The van der Waals surface area contributed by atoms with Crippen molar-refractivity contribution in [2.24, 2.45) is 0 Å². The number of likely N-dealkylation sites (tertiary alicyclic amines) is 1. The molecule has 0 unspecified atom stereocenters. The van der Waals surface area contributed by atoms with Crippen LogP contribution in [0.1, 0.15) is 12.8 Å². The molecule has 2 saturated heterocycles. The number of amides is 2. The number of nitrogen functional groups attached to an aromatic ring is 1. The zero-order valence-corrected chi connectivity index (χ0v) is 17.3.